The fourth-order valence-corrected chi connectivity index (χ4v) is 2.24. The maximum Gasteiger partial charge on any atom is 0.280 e. The van der Waals surface area contributed by atoms with Gasteiger partial charge in [0.2, 0.25) is 0 Å². The first kappa shape index (κ1) is 13.1. The van der Waals surface area contributed by atoms with Crippen molar-refractivity contribution in [1.82, 2.24) is 14.9 Å². The smallest absolute Gasteiger partial charge is 0.280 e. The van der Waals surface area contributed by atoms with Gasteiger partial charge in [-0.1, -0.05) is 0 Å². The standard InChI is InChI=1S/C12H18F2N4/c1-17-5-3-9(4-6-17)18(2)11-7-10(12(13)14)15-8-16-11/h7-9,12H,3-6H2,1-2H3. The van der Waals surface area contributed by atoms with E-state index >= 15 is 0 Å². The molecule has 0 N–H and O–H groups in total. The molecule has 0 atom stereocenters. The summed E-state index contributed by atoms with van der Waals surface area (Å²) in [6.07, 6.45) is 0.724. The Kier molecular flexibility index (Phi) is 4.06. The number of hydrogen-bond donors (Lipinski definition) is 0. The van der Waals surface area contributed by atoms with Crippen LogP contribution in [0.25, 0.3) is 0 Å². The minimum Gasteiger partial charge on any atom is -0.356 e. The van der Waals surface area contributed by atoms with E-state index < -0.39 is 6.43 Å². The number of aromatic nitrogens is 2. The van der Waals surface area contributed by atoms with Crippen LogP contribution < -0.4 is 4.90 Å². The second kappa shape index (κ2) is 5.56. The molecule has 0 bridgehead atoms. The average Bonchev–Trinajstić information content (AvgIpc) is 2.39. The summed E-state index contributed by atoms with van der Waals surface area (Å²) in [5, 5.41) is 0. The predicted molar refractivity (Wildman–Crippen MR) is 65.9 cm³/mol. The van der Waals surface area contributed by atoms with Gasteiger partial charge < -0.3 is 9.80 Å². The highest BCUT2D eigenvalue weighted by Crippen LogP contribution is 2.23. The lowest BCUT2D eigenvalue weighted by Crippen LogP contribution is -2.42. The van der Waals surface area contributed by atoms with Gasteiger partial charge in [0.05, 0.1) is 0 Å². The van der Waals surface area contributed by atoms with Gasteiger partial charge in [0.1, 0.15) is 17.8 Å². The van der Waals surface area contributed by atoms with Crippen LogP contribution in [0.5, 0.6) is 0 Å². The highest BCUT2D eigenvalue weighted by atomic mass is 19.3. The maximum atomic E-state index is 12.6. The van der Waals surface area contributed by atoms with E-state index in [-0.39, 0.29) is 5.69 Å². The Morgan fingerprint density at radius 3 is 2.61 bits per heavy atom. The molecule has 18 heavy (non-hydrogen) atoms. The lowest BCUT2D eigenvalue weighted by molar-refractivity contribution is 0.146. The number of alkyl halides is 2. The minimum atomic E-state index is -2.54. The van der Waals surface area contributed by atoms with Crippen LogP contribution in [-0.2, 0) is 0 Å². The molecule has 2 rings (SSSR count). The van der Waals surface area contributed by atoms with Crippen molar-refractivity contribution in [3.05, 3.63) is 18.1 Å². The van der Waals surface area contributed by atoms with Crippen molar-refractivity contribution in [2.45, 2.75) is 25.3 Å². The normalized spacial score (nSPS) is 18.3. The Hall–Kier alpha value is -1.30. The molecular weight excluding hydrogens is 238 g/mol. The molecule has 1 fully saturated rings. The molecule has 1 aliphatic rings. The fourth-order valence-electron chi connectivity index (χ4n) is 2.24. The van der Waals surface area contributed by atoms with Crippen molar-refractivity contribution < 1.29 is 8.78 Å². The van der Waals surface area contributed by atoms with Crippen molar-refractivity contribution >= 4 is 5.82 Å². The summed E-state index contributed by atoms with van der Waals surface area (Å²) < 4.78 is 25.2. The van der Waals surface area contributed by atoms with Crippen LogP contribution in [-0.4, -0.2) is 48.1 Å². The van der Waals surface area contributed by atoms with Crippen molar-refractivity contribution in [3.8, 4) is 0 Å². The Morgan fingerprint density at radius 2 is 2.00 bits per heavy atom. The van der Waals surface area contributed by atoms with Gasteiger partial charge in [-0.3, -0.25) is 0 Å². The lowest BCUT2D eigenvalue weighted by Gasteiger charge is -2.35. The van der Waals surface area contributed by atoms with Crippen molar-refractivity contribution in [2.75, 3.05) is 32.1 Å². The highest BCUT2D eigenvalue weighted by molar-refractivity contribution is 5.39. The first-order valence-electron chi connectivity index (χ1n) is 6.09. The van der Waals surface area contributed by atoms with Crippen LogP contribution >= 0.6 is 0 Å². The SMILES string of the molecule is CN1CCC(N(C)c2cc(C(F)F)ncn2)CC1. The summed E-state index contributed by atoms with van der Waals surface area (Å²) in [4.78, 5) is 11.9. The molecule has 0 unspecified atom stereocenters. The Balaban J connectivity index is 2.08. The third-order valence-electron chi connectivity index (χ3n) is 3.49. The van der Waals surface area contributed by atoms with E-state index in [4.69, 9.17) is 0 Å². The van der Waals surface area contributed by atoms with Gasteiger partial charge in [0.15, 0.2) is 0 Å². The van der Waals surface area contributed by atoms with Crippen LogP contribution in [0, 0.1) is 0 Å². The number of likely N-dealkylation sites (tertiary alicyclic amines) is 1. The quantitative estimate of drug-likeness (QED) is 0.827. The molecule has 1 aliphatic heterocycles. The number of nitrogens with zero attached hydrogens (tertiary/aromatic N) is 4. The molecule has 0 spiro atoms. The van der Waals surface area contributed by atoms with Gasteiger partial charge in [-0.2, -0.15) is 0 Å². The number of halogens is 2. The molecule has 2 heterocycles. The molecule has 4 nitrogen and oxygen atoms in total. The Labute approximate surface area is 106 Å². The summed E-state index contributed by atoms with van der Waals surface area (Å²) in [6.45, 7) is 2.06. The van der Waals surface area contributed by atoms with E-state index in [1.165, 1.54) is 12.4 Å². The number of piperidine rings is 1. The van der Waals surface area contributed by atoms with Gasteiger partial charge >= 0.3 is 0 Å². The lowest BCUT2D eigenvalue weighted by atomic mass is 10.0. The molecule has 1 aromatic heterocycles. The van der Waals surface area contributed by atoms with Crippen LogP contribution in [0.1, 0.15) is 25.0 Å². The second-order valence-electron chi connectivity index (χ2n) is 4.75. The Morgan fingerprint density at radius 1 is 1.33 bits per heavy atom. The van der Waals surface area contributed by atoms with Crippen molar-refractivity contribution in [2.24, 2.45) is 0 Å². The van der Waals surface area contributed by atoms with Crippen LogP contribution in [0.4, 0.5) is 14.6 Å². The predicted octanol–water partition coefficient (Wildman–Crippen LogP) is 1.94. The summed E-state index contributed by atoms with van der Waals surface area (Å²) >= 11 is 0. The molecule has 1 aromatic rings. The van der Waals surface area contributed by atoms with Crippen LogP contribution in [0.15, 0.2) is 12.4 Å². The Bertz CT molecular complexity index is 391. The van der Waals surface area contributed by atoms with Gasteiger partial charge in [-0.15, -0.1) is 0 Å². The zero-order chi connectivity index (χ0) is 13.1. The van der Waals surface area contributed by atoms with E-state index in [1.807, 2.05) is 11.9 Å². The number of anilines is 1. The molecule has 0 aliphatic carbocycles. The monoisotopic (exact) mass is 256 g/mol. The van der Waals surface area contributed by atoms with Gasteiger partial charge in [-0.25, -0.2) is 18.7 Å². The van der Waals surface area contributed by atoms with Crippen molar-refractivity contribution in [3.63, 3.8) is 0 Å². The van der Waals surface area contributed by atoms with Gasteiger partial charge in [0, 0.05) is 19.2 Å². The minimum absolute atomic E-state index is 0.209. The molecule has 1 saturated heterocycles. The molecule has 0 saturated carbocycles. The fraction of sp³-hybridized carbons (Fsp3) is 0.667. The third kappa shape index (κ3) is 2.93. The molecule has 0 aromatic carbocycles. The molecule has 0 amide bonds. The number of rotatable bonds is 3. The van der Waals surface area contributed by atoms with Crippen molar-refractivity contribution in [1.29, 1.82) is 0 Å². The average molecular weight is 256 g/mol. The third-order valence-corrected chi connectivity index (χ3v) is 3.49. The first-order valence-corrected chi connectivity index (χ1v) is 6.09. The van der Waals surface area contributed by atoms with E-state index in [1.54, 1.807) is 0 Å². The van der Waals surface area contributed by atoms with E-state index in [0.717, 1.165) is 25.9 Å². The highest BCUT2D eigenvalue weighted by Gasteiger charge is 2.22. The molecule has 6 heteroatoms. The molecule has 0 radical (unpaired) electrons. The first-order chi connectivity index (χ1) is 8.58. The summed E-state index contributed by atoms with van der Waals surface area (Å²) in [5.41, 5.74) is -0.209. The van der Waals surface area contributed by atoms with Crippen LogP contribution in [0.2, 0.25) is 0 Å². The summed E-state index contributed by atoms with van der Waals surface area (Å²) in [6, 6.07) is 1.74. The van der Waals surface area contributed by atoms with E-state index in [9.17, 15) is 8.78 Å². The van der Waals surface area contributed by atoms with E-state index in [2.05, 4.69) is 21.9 Å². The van der Waals surface area contributed by atoms with Gasteiger partial charge in [-0.05, 0) is 33.0 Å². The number of hydrogen-bond acceptors (Lipinski definition) is 4. The van der Waals surface area contributed by atoms with Gasteiger partial charge in [0.25, 0.3) is 6.43 Å². The molecule has 100 valence electrons. The van der Waals surface area contributed by atoms with E-state index in [0.29, 0.717) is 11.9 Å². The topological polar surface area (TPSA) is 32.3 Å². The second-order valence-corrected chi connectivity index (χ2v) is 4.75. The zero-order valence-electron chi connectivity index (χ0n) is 10.7. The summed E-state index contributed by atoms with van der Waals surface area (Å²) in [7, 11) is 4.00. The maximum absolute atomic E-state index is 12.6. The molecular formula is C12H18F2N4. The largest absolute Gasteiger partial charge is 0.356 e. The van der Waals surface area contributed by atoms with Crippen LogP contribution in [0.3, 0.4) is 0 Å². The summed E-state index contributed by atoms with van der Waals surface area (Å²) in [5.74, 6) is 0.579. The zero-order valence-corrected chi connectivity index (χ0v) is 10.7.